The highest BCUT2D eigenvalue weighted by Crippen LogP contribution is 2.52. The van der Waals surface area contributed by atoms with E-state index in [9.17, 15) is 9.59 Å². The van der Waals surface area contributed by atoms with Crippen molar-refractivity contribution in [3.63, 3.8) is 0 Å². The number of carbonyl (C=O) groups is 2. The van der Waals surface area contributed by atoms with Gasteiger partial charge in [0.25, 0.3) is 0 Å². The average Bonchev–Trinajstić information content (AvgIpc) is 3.46. The van der Waals surface area contributed by atoms with Crippen LogP contribution in [-0.2, 0) is 27.4 Å². The number of benzene rings is 1. The maximum absolute atomic E-state index is 13.5. The van der Waals surface area contributed by atoms with Gasteiger partial charge in [-0.2, -0.15) is 5.10 Å². The summed E-state index contributed by atoms with van der Waals surface area (Å²) in [4.78, 5) is 30.3. The maximum atomic E-state index is 13.5. The molecular weight excluding hydrogens is 392 g/mol. The van der Waals surface area contributed by atoms with Crippen LogP contribution in [0.3, 0.4) is 0 Å². The zero-order valence-electron chi connectivity index (χ0n) is 18.4. The molecule has 0 aliphatic carbocycles. The summed E-state index contributed by atoms with van der Waals surface area (Å²) in [7, 11) is 1.76. The molecule has 31 heavy (non-hydrogen) atoms. The quantitative estimate of drug-likeness (QED) is 0.753. The number of hydrogen-bond donors (Lipinski definition) is 1. The summed E-state index contributed by atoms with van der Waals surface area (Å²) >= 11 is 0. The zero-order valence-corrected chi connectivity index (χ0v) is 18.4. The third-order valence-corrected chi connectivity index (χ3v) is 6.94. The first-order valence-corrected chi connectivity index (χ1v) is 10.8. The molecule has 0 saturated carbocycles. The molecule has 0 unspecified atom stereocenters. The Morgan fingerprint density at radius 3 is 2.81 bits per heavy atom. The van der Waals surface area contributed by atoms with Crippen molar-refractivity contribution >= 4 is 11.8 Å². The summed E-state index contributed by atoms with van der Waals surface area (Å²) in [5.74, 6) is -1.02. The van der Waals surface area contributed by atoms with Crippen molar-refractivity contribution in [1.29, 1.82) is 0 Å². The zero-order chi connectivity index (χ0) is 21.9. The number of aryl methyl sites for hydroxylation is 3. The maximum Gasteiger partial charge on any atom is 0.230 e. The van der Waals surface area contributed by atoms with Crippen molar-refractivity contribution in [3.8, 4) is 0 Å². The van der Waals surface area contributed by atoms with Crippen LogP contribution in [0.15, 0.2) is 36.4 Å². The lowest BCUT2D eigenvalue weighted by atomic mass is 9.76. The lowest BCUT2D eigenvalue weighted by Crippen LogP contribution is -2.44. The van der Waals surface area contributed by atoms with E-state index in [4.69, 9.17) is 4.74 Å². The van der Waals surface area contributed by atoms with Crippen molar-refractivity contribution < 1.29 is 14.3 Å². The number of H-pyrrole nitrogens is 1. The minimum absolute atomic E-state index is 0.00689. The number of nitrogens with zero attached hydrogens (tertiary/aromatic N) is 3. The second-order valence-electron chi connectivity index (χ2n) is 9.25. The van der Waals surface area contributed by atoms with Crippen LogP contribution in [0.2, 0.25) is 0 Å². The number of fused-ring (bicyclic) bond motifs is 1. The van der Waals surface area contributed by atoms with Gasteiger partial charge >= 0.3 is 0 Å². The van der Waals surface area contributed by atoms with Gasteiger partial charge in [-0.3, -0.25) is 14.7 Å². The Bertz CT molecular complexity index is 1090. The second-order valence-corrected chi connectivity index (χ2v) is 9.25. The van der Waals surface area contributed by atoms with Crippen molar-refractivity contribution in [2.75, 3.05) is 13.6 Å². The monoisotopic (exact) mass is 420 g/mol. The number of likely N-dealkylation sites (tertiary alicyclic amines) is 1. The topological polar surface area (TPSA) is 78.5 Å². The number of aromatic nitrogens is 2. The fraction of sp³-hybridized carbons (Fsp3) is 0.458. The van der Waals surface area contributed by atoms with Gasteiger partial charge in [-0.25, -0.2) is 0 Å². The van der Waals surface area contributed by atoms with Crippen LogP contribution in [0.5, 0.6) is 0 Å². The Morgan fingerprint density at radius 2 is 2.10 bits per heavy atom. The minimum atomic E-state index is -0.689. The molecule has 2 bridgehead atoms. The average molecular weight is 421 g/mol. The summed E-state index contributed by atoms with van der Waals surface area (Å²) in [6.45, 7) is 7.51. The molecule has 7 nitrogen and oxygen atoms in total. The lowest BCUT2D eigenvalue weighted by Gasteiger charge is -2.27. The van der Waals surface area contributed by atoms with Crippen LogP contribution in [0.25, 0.3) is 0 Å². The fourth-order valence-corrected chi connectivity index (χ4v) is 5.25. The molecule has 162 valence electrons. The standard InChI is InChI=1S/C24H28N4O3/c1-14-5-6-17(9-15(14)2)11-28-13-24-8-7-19(31-24)20(21(24)23(28)30)22(29)27(4)12-18-10-16(3)25-26-18/h5-10,19-21H,11-13H2,1-4H3,(H,25,26)/t19-,20-,21-,24-/m0/s1. The van der Waals surface area contributed by atoms with Gasteiger partial charge in [-0.1, -0.05) is 30.4 Å². The first-order chi connectivity index (χ1) is 14.8. The number of nitrogens with one attached hydrogen (secondary N) is 1. The smallest absolute Gasteiger partial charge is 0.230 e. The first-order valence-electron chi connectivity index (χ1n) is 10.8. The summed E-state index contributed by atoms with van der Waals surface area (Å²) in [5, 5.41) is 7.13. The van der Waals surface area contributed by atoms with E-state index in [1.807, 2.05) is 30.0 Å². The van der Waals surface area contributed by atoms with Gasteiger partial charge in [0.15, 0.2) is 0 Å². The Labute approximate surface area is 182 Å². The predicted octanol–water partition coefficient (Wildman–Crippen LogP) is 2.28. The fourth-order valence-electron chi connectivity index (χ4n) is 5.25. The number of aromatic amines is 1. The highest BCUT2D eigenvalue weighted by atomic mass is 16.5. The van der Waals surface area contributed by atoms with Crippen molar-refractivity contribution in [2.24, 2.45) is 11.8 Å². The largest absolute Gasteiger partial charge is 0.360 e. The highest BCUT2D eigenvalue weighted by Gasteiger charge is 2.67. The normalized spacial score (nSPS) is 28.5. The molecule has 0 radical (unpaired) electrons. The van der Waals surface area contributed by atoms with E-state index in [0.717, 1.165) is 17.0 Å². The van der Waals surface area contributed by atoms with Gasteiger partial charge in [0.2, 0.25) is 11.8 Å². The predicted molar refractivity (Wildman–Crippen MR) is 115 cm³/mol. The lowest BCUT2D eigenvalue weighted by molar-refractivity contribution is -0.142. The van der Waals surface area contributed by atoms with Crippen LogP contribution in [-0.4, -0.2) is 57.1 Å². The molecule has 4 atom stereocenters. The molecule has 3 aliphatic heterocycles. The highest BCUT2D eigenvalue weighted by molar-refractivity contribution is 5.93. The van der Waals surface area contributed by atoms with E-state index in [0.29, 0.717) is 19.6 Å². The van der Waals surface area contributed by atoms with E-state index in [2.05, 4.69) is 42.2 Å². The van der Waals surface area contributed by atoms with Gasteiger partial charge < -0.3 is 14.5 Å². The van der Waals surface area contributed by atoms with E-state index < -0.39 is 17.4 Å². The summed E-state index contributed by atoms with van der Waals surface area (Å²) in [6.07, 6.45) is 3.62. The van der Waals surface area contributed by atoms with E-state index in [1.165, 1.54) is 11.1 Å². The number of rotatable bonds is 5. The number of amides is 2. The van der Waals surface area contributed by atoms with Crippen molar-refractivity contribution in [1.82, 2.24) is 20.0 Å². The minimum Gasteiger partial charge on any atom is -0.360 e. The molecule has 2 aromatic rings. The molecular formula is C24H28N4O3. The number of ether oxygens (including phenoxy) is 1. The van der Waals surface area contributed by atoms with Gasteiger partial charge in [-0.05, 0) is 43.5 Å². The molecule has 5 rings (SSSR count). The molecule has 4 heterocycles. The molecule has 1 aromatic carbocycles. The third kappa shape index (κ3) is 3.19. The second kappa shape index (κ2) is 7.05. The molecule has 1 aromatic heterocycles. The first kappa shape index (κ1) is 20.0. The number of hydrogen-bond acceptors (Lipinski definition) is 4. The van der Waals surface area contributed by atoms with Gasteiger partial charge in [0, 0.05) is 19.3 Å². The van der Waals surface area contributed by atoms with Crippen LogP contribution in [0.1, 0.15) is 28.1 Å². The molecule has 7 heteroatoms. The van der Waals surface area contributed by atoms with Gasteiger partial charge in [-0.15, -0.1) is 0 Å². The van der Waals surface area contributed by atoms with Crippen LogP contribution >= 0.6 is 0 Å². The Hall–Kier alpha value is -2.93. The molecule has 2 saturated heterocycles. The molecule has 1 spiro atoms. The molecule has 2 fully saturated rings. The van der Waals surface area contributed by atoms with Crippen LogP contribution in [0.4, 0.5) is 0 Å². The SMILES string of the molecule is Cc1cc(CN(C)C(=O)[C@H]2[C@@H]3C=C[C@@]4(CN(Cc5ccc(C)c(C)c5)C(=O)[C@H]24)O3)n[nH]1. The van der Waals surface area contributed by atoms with Gasteiger partial charge in [0.05, 0.1) is 36.7 Å². The molecule has 3 aliphatic rings. The Kier molecular flexibility index (Phi) is 4.55. The molecule has 2 amide bonds. The summed E-state index contributed by atoms with van der Waals surface area (Å²) < 4.78 is 6.26. The molecule has 1 N–H and O–H groups in total. The van der Waals surface area contributed by atoms with E-state index in [1.54, 1.807) is 11.9 Å². The summed E-state index contributed by atoms with van der Waals surface area (Å²) in [5.41, 5.74) is 4.61. The summed E-state index contributed by atoms with van der Waals surface area (Å²) in [6, 6.07) is 8.21. The van der Waals surface area contributed by atoms with Crippen molar-refractivity contribution in [3.05, 3.63) is 64.5 Å². The van der Waals surface area contributed by atoms with E-state index >= 15 is 0 Å². The Morgan fingerprint density at radius 1 is 1.29 bits per heavy atom. The Balaban J connectivity index is 1.35. The van der Waals surface area contributed by atoms with E-state index in [-0.39, 0.29) is 17.9 Å². The van der Waals surface area contributed by atoms with Gasteiger partial charge in [0.1, 0.15) is 5.60 Å². The number of carbonyl (C=O) groups excluding carboxylic acids is 2. The van der Waals surface area contributed by atoms with Crippen molar-refractivity contribution in [2.45, 2.75) is 45.6 Å². The third-order valence-electron chi connectivity index (χ3n) is 6.94. The van der Waals surface area contributed by atoms with Crippen LogP contribution in [0, 0.1) is 32.6 Å². The van der Waals surface area contributed by atoms with Crippen LogP contribution < -0.4 is 0 Å².